The molecular formula is C50H76N4O4. The van der Waals surface area contributed by atoms with Crippen molar-refractivity contribution in [2.75, 3.05) is 47.5 Å². The van der Waals surface area contributed by atoms with Crippen molar-refractivity contribution in [1.82, 2.24) is 19.4 Å². The normalized spacial score (nSPS) is 42.1. The van der Waals surface area contributed by atoms with Gasteiger partial charge in [0.1, 0.15) is 12.1 Å². The number of likely N-dealkylation sites (N-methyl/N-ethyl adjacent to an activating group) is 1. The highest BCUT2D eigenvalue weighted by atomic mass is 16.5. The first-order valence-corrected chi connectivity index (χ1v) is 23.0. The Morgan fingerprint density at radius 3 is 2.34 bits per heavy atom. The molecule has 0 spiro atoms. The summed E-state index contributed by atoms with van der Waals surface area (Å²) in [5, 5.41) is 11.4. The highest BCUT2D eigenvalue weighted by molar-refractivity contribution is 5.66. The number of carbonyl (C=O) groups excluding carboxylic acids is 1. The van der Waals surface area contributed by atoms with Crippen molar-refractivity contribution in [3.8, 4) is 11.3 Å². The summed E-state index contributed by atoms with van der Waals surface area (Å²) in [6, 6.07) is 10.6. The van der Waals surface area contributed by atoms with E-state index < -0.39 is 11.0 Å². The zero-order valence-corrected chi connectivity index (χ0v) is 37.6. The van der Waals surface area contributed by atoms with Gasteiger partial charge in [-0.15, -0.1) is 0 Å². The summed E-state index contributed by atoms with van der Waals surface area (Å²) in [5.41, 5.74) is 2.68. The third-order valence-corrected chi connectivity index (χ3v) is 18.8. The molecule has 0 amide bonds. The Bertz CT molecular complexity index is 1830. The van der Waals surface area contributed by atoms with Gasteiger partial charge in [-0.1, -0.05) is 77.1 Å². The Balaban J connectivity index is 1.30. The van der Waals surface area contributed by atoms with Crippen LogP contribution in [0.1, 0.15) is 124 Å². The molecule has 0 bridgehead atoms. The van der Waals surface area contributed by atoms with Crippen LogP contribution in [0, 0.1) is 50.7 Å². The van der Waals surface area contributed by atoms with Crippen LogP contribution in [0.2, 0.25) is 0 Å². The number of rotatable bonds is 12. The fraction of sp³-hybridized carbons (Fsp3) is 0.760. The van der Waals surface area contributed by atoms with Crippen LogP contribution < -0.4 is 0 Å². The van der Waals surface area contributed by atoms with Gasteiger partial charge < -0.3 is 28.8 Å². The zero-order valence-electron chi connectivity index (χ0n) is 37.6. The van der Waals surface area contributed by atoms with Crippen LogP contribution in [-0.4, -0.2) is 96.0 Å². The van der Waals surface area contributed by atoms with Crippen LogP contribution in [0.5, 0.6) is 0 Å². The van der Waals surface area contributed by atoms with E-state index in [1.807, 2.05) is 0 Å². The molecule has 58 heavy (non-hydrogen) atoms. The average Bonchev–Trinajstić information content (AvgIpc) is 3.91. The number of fused-ring (bicyclic) bond motifs is 7. The Kier molecular flexibility index (Phi) is 11.1. The monoisotopic (exact) mass is 797 g/mol. The average molecular weight is 797 g/mol. The third-order valence-electron chi connectivity index (χ3n) is 18.8. The fourth-order valence-corrected chi connectivity index (χ4v) is 16.0. The molecule has 8 nitrogen and oxygen atoms in total. The summed E-state index contributed by atoms with van der Waals surface area (Å²) in [6.07, 6.45) is 14.9. The second-order valence-electron chi connectivity index (χ2n) is 21.8. The SMILES string of the molecule is C=C(C)[C@H]1CC[C@]2(C=O)CC[C@]3(C)[C@@H](CC[C@@H]4[C@@]5(C)CC[C@H](O)C(C)(C)[C@@H]5CC[C@]43C)[C@]12N1C[C@H](OCCOC)C[C@H]1c1nc(-c2ccccc2)cn1CCN(C)C. The van der Waals surface area contributed by atoms with Crippen LogP contribution >= 0.6 is 0 Å². The van der Waals surface area contributed by atoms with Crippen LogP contribution in [0.15, 0.2) is 48.7 Å². The van der Waals surface area contributed by atoms with Crippen molar-refractivity contribution in [3.05, 3.63) is 54.5 Å². The first-order valence-electron chi connectivity index (χ1n) is 23.0. The van der Waals surface area contributed by atoms with Crippen LogP contribution in [-0.2, 0) is 20.8 Å². The van der Waals surface area contributed by atoms with E-state index in [0.29, 0.717) is 31.0 Å². The quantitative estimate of drug-likeness (QED) is 0.130. The first-order chi connectivity index (χ1) is 27.5. The maximum Gasteiger partial charge on any atom is 0.128 e. The molecule has 1 aliphatic heterocycles. The molecule has 1 aromatic heterocycles. The zero-order chi connectivity index (χ0) is 41.5. The predicted molar refractivity (Wildman–Crippen MR) is 232 cm³/mol. The molecule has 320 valence electrons. The van der Waals surface area contributed by atoms with Gasteiger partial charge in [0.15, 0.2) is 0 Å². The molecular weight excluding hydrogens is 721 g/mol. The molecule has 0 unspecified atom stereocenters. The molecule has 6 aliphatic rings. The van der Waals surface area contributed by atoms with E-state index in [1.165, 1.54) is 31.1 Å². The fourth-order valence-electron chi connectivity index (χ4n) is 16.0. The highest BCUT2D eigenvalue weighted by Crippen LogP contribution is 2.79. The number of benzene rings is 1. The van der Waals surface area contributed by atoms with Gasteiger partial charge in [0, 0.05) is 49.5 Å². The second kappa shape index (κ2) is 15.2. The summed E-state index contributed by atoms with van der Waals surface area (Å²) in [6.45, 7) is 23.4. The summed E-state index contributed by atoms with van der Waals surface area (Å²) >= 11 is 0. The number of imidazole rings is 1. The molecule has 8 rings (SSSR count). The minimum atomic E-state index is -0.481. The number of hydrogen-bond acceptors (Lipinski definition) is 7. The van der Waals surface area contributed by atoms with E-state index in [9.17, 15) is 9.90 Å². The lowest BCUT2D eigenvalue weighted by Gasteiger charge is -2.75. The number of aliphatic hydroxyl groups is 1. The van der Waals surface area contributed by atoms with E-state index in [1.54, 1.807) is 7.11 Å². The highest BCUT2D eigenvalue weighted by Gasteiger charge is 2.78. The van der Waals surface area contributed by atoms with E-state index in [-0.39, 0.29) is 45.8 Å². The summed E-state index contributed by atoms with van der Waals surface area (Å²) in [5.74, 6) is 2.69. The van der Waals surface area contributed by atoms with Gasteiger partial charge in [-0.3, -0.25) is 4.90 Å². The Hall–Kier alpha value is -2.36. The summed E-state index contributed by atoms with van der Waals surface area (Å²) in [4.78, 5) is 25.1. The van der Waals surface area contributed by atoms with Crippen molar-refractivity contribution >= 4 is 6.29 Å². The molecule has 1 aromatic carbocycles. The number of ether oxygens (including phenoxy) is 2. The number of methoxy groups -OCH3 is 1. The van der Waals surface area contributed by atoms with Gasteiger partial charge in [0.05, 0.1) is 37.2 Å². The molecule has 6 fully saturated rings. The van der Waals surface area contributed by atoms with Crippen molar-refractivity contribution in [1.29, 1.82) is 0 Å². The number of aldehydes is 1. The van der Waals surface area contributed by atoms with E-state index in [2.05, 4.69) is 107 Å². The topological polar surface area (TPSA) is 80.1 Å². The number of carbonyl (C=O) groups is 1. The number of hydrogen-bond donors (Lipinski definition) is 1. The van der Waals surface area contributed by atoms with E-state index in [4.69, 9.17) is 21.0 Å². The van der Waals surface area contributed by atoms with Gasteiger partial charge in [-0.25, -0.2) is 4.98 Å². The van der Waals surface area contributed by atoms with Crippen molar-refractivity contribution in [3.63, 3.8) is 0 Å². The number of nitrogens with zero attached hydrogens (tertiary/aromatic N) is 4. The van der Waals surface area contributed by atoms with Crippen LogP contribution in [0.3, 0.4) is 0 Å². The smallest absolute Gasteiger partial charge is 0.128 e. The first kappa shape index (κ1) is 42.3. The Labute approximate surface area is 350 Å². The largest absolute Gasteiger partial charge is 0.393 e. The lowest BCUT2D eigenvalue weighted by molar-refractivity contribution is -0.267. The Morgan fingerprint density at radius 2 is 1.66 bits per heavy atom. The number of likely N-dealkylation sites (tertiary alicyclic amines) is 1. The van der Waals surface area contributed by atoms with Crippen LogP contribution in [0.4, 0.5) is 0 Å². The molecule has 1 saturated heterocycles. The predicted octanol–water partition coefficient (Wildman–Crippen LogP) is 9.23. The lowest BCUT2D eigenvalue weighted by atomic mass is 9.31. The van der Waals surface area contributed by atoms with Gasteiger partial charge >= 0.3 is 0 Å². The maximum absolute atomic E-state index is 14.4. The van der Waals surface area contributed by atoms with E-state index in [0.717, 1.165) is 88.1 Å². The Morgan fingerprint density at radius 1 is 0.931 bits per heavy atom. The molecule has 8 heteroatoms. The molecule has 2 aromatic rings. The van der Waals surface area contributed by atoms with Gasteiger partial charge in [-0.2, -0.15) is 0 Å². The minimum Gasteiger partial charge on any atom is -0.393 e. The maximum atomic E-state index is 14.4. The molecule has 5 aliphatic carbocycles. The summed E-state index contributed by atoms with van der Waals surface area (Å²) in [7, 11) is 6.04. The van der Waals surface area contributed by atoms with E-state index >= 15 is 0 Å². The molecule has 12 atom stereocenters. The standard InChI is InChI=1S/C50H76N4O4/c1-34(2)37-18-23-49(33-55)25-24-48(7)42(17-16-41-46(5)21-20-43(56)45(3,4)40(46)19-22-47(41,48)6)50(37,49)54-31-36(58-29-28-57-10)30-39(54)44-51-38(35-14-12-11-13-15-35)32-53(44)27-26-52(8)9/h11-15,32-33,36-37,39-43,56H,1,16-31H2,2-10H3/t36-,37-,39+,40+,41-,42-,43+,46+,47-,48-,49-,50-/m1/s1. The third kappa shape index (κ3) is 6.06. The van der Waals surface area contributed by atoms with Crippen LogP contribution in [0.25, 0.3) is 11.3 Å². The van der Waals surface area contributed by atoms with Gasteiger partial charge in [0.2, 0.25) is 0 Å². The minimum absolute atomic E-state index is 0.00483. The van der Waals surface area contributed by atoms with Crippen molar-refractivity contribution < 1.29 is 19.4 Å². The number of aromatic nitrogens is 2. The number of aliphatic hydroxyl groups excluding tert-OH is 1. The second-order valence-corrected chi connectivity index (χ2v) is 21.8. The molecule has 2 heterocycles. The van der Waals surface area contributed by atoms with Gasteiger partial charge in [0.25, 0.3) is 0 Å². The van der Waals surface area contributed by atoms with Crippen molar-refractivity contribution in [2.45, 2.75) is 143 Å². The molecule has 5 saturated carbocycles. The molecule has 0 radical (unpaired) electrons. The summed E-state index contributed by atoms with van der Waals surface area (Å²) < 4.78 is 14.7. The molecule has 1 N–H and O–H groups in total. The lowest BCUT2D eigenvalue weighted by Crippen LogP contribution is -2.75. The van der Waals surface area contributed by atoms with Crippen molar-refractivity contribution in [2.24, 2.45) is 50.7 Å². The van der Waals surface area contributed by atoms with Gasteiger partial charge in [-0.05, 0) is 137 Å².